The number of hydrogen-bond acceptors (Lipinski definition) is 3. The molecule has 0 atom stereocenters. The topological polar surface area (TPSA) is 20.2 Å². The van der Waals surface area contributed by atoms with E-state index < -0.39 is 0 Å². The van der Waals surface area contributed by atoms with Crippen molar-refractivity contribution >= 4 is 23.1 Å². The number of aliphatic hydroxyl groups is 1. The highest BCUT2D eigenvalue weighted by atomic mass is 32.2. The first-order valence-electron chi connectivity index (χ1n) is 2.59. The molecule has 1 aromatic rings. The molecule has 0 saturated carbocycles. The zero-order valence-electron chi connectivity index (χ0n) is 5.13. The van der Waals surface area contributed by atoms with Gasteiger partial charge < -0.3 is 5.11 Å². The third kappa shape index (κ3) is 1.47. The summed E-state index contributed by atoms with van der Waals surface area (Å²) in [6.07, 6.45) is 2.02. The fourth-order valence-electron chi connectivity index (χ4n) is 0.618. The van der Waals surface area contributed by atoms with Gasteiger partial charge in [-0.2, -0.15) is 0 Å². The van der Waals surface area contributed by atoms with Crippen LogP contribution in [0.1, 0.15) is 5.56 Å². The average molecular weight is 160 g/mol. The van der Waals surface area contributed by atoms with Gasteiger partial charge in [0.25, 0.3) is 0 Å². The Kier molecular flexibility index (Phi) is 2.57. The van der Waals surface area contributed by atoms with Crippen LogP contribution in [0.3, 0.4) is 0 Å². The van der Waals surface area contributed by atoms with Gasteiger partial charge in [-0.15, -0.1) is 23.1 Å². The molecule has 0 bridgehead atoms. The minimum Gasteiger partial charge on any atom is -0.392 e. The van der Waals surface area contributed by atoms with Gasteiger partial charge in [-0.1, -0.05) is 0 Å². The van der Waals surface area contributed by atoms with Crippen molar-refractivity contribution in [3.05, 3.63) is 17.0 Å². The quantitative estimate of drug-likeness (QED) is 0.667. The minimum absolute atomic E-state index is 0.166. The fourth-order valence-corrected chi connectivity index (χ4v) is 2.20. The van der Waals surface area contributed by atoms with E-state index in [0.29, 0.717) is 0 Å². The van der Waals surface area contributed by atoms with Crippen molar-refractivity contribution in [1.29, 1.82) is 0 Å². The van der Waals surface area contributed by atoms with Crippen molar-refractivity contribution in [2.24, 2.45) is 0 Å². The molecule has 1 nitrogen and oxygen atoms in total. The molecule has 0 radical (unpaired) electrons. The third-order valence-corrected chi connectivity index (χ3v) is 3.23. The monoisotopic (exact) mass is 160 g/mol. The van der Waals surface area contributed by atoms with Crippen molar-refractivity contribution in [2.45, 2.75) is 10.8 Å². The van der Waals surface area contributed by atoms with Gasteiger partial charge in [0, 0.05) is 5.56 Å². The van der Waals surface area contributed by atoms with Crippen molar-refractivity contribution in [3.8, 4) is 0 Å². The summed E-state index contributed by atoms with van der Waals surface area (Å²) in [6.45, 7) is 0.166. The first-order valence-corrected chi connectivity index (χ1v) is 4.70. The van der Waals surface area contributed by atoms with Crippen LogP contribution in [-0.2, 0) is 6.61 Å². The molecule has 1 N–H and O–H groups in total. The number of thiophene rings is 1. The lowest BCUT2D eigenvalue weighted by atomic mass is 10.4. The molecule has 0 unspecified atom stereocenters. The van der Waals surface area contributed by atoms with Crippen LogP contribution < -0.4 is 0 Å². The second kappa shape index (κ2) is 3.25. The van der Waals surface area contributed by atoms with Crippen molar-refractivity contribution in [3.63, 3.8) is 0 Å². The van der Waals surface area contributed by atoms with Gasteiger partial charge >= 0.3 is 0 Å². The second-order valence-electron chi connectivity index (χ2n) is 1.60. The second-order valence-corrected chi connectivity index (χ2v) is 3.59. The Labute approximate surface area is 62.7 Å². The summed E-state index contributed by atoms with van der Waals surface area (Å²) >= 11 is 3.36. The normalized spacial score (nSPS) is 10.0. The van der Waals surface area contributed by atoms with Crippen LogP contribution in [0, 0.1) is 0 Å². The lowest BCUT2D eigenvalue weighted by molar-refractivity contribution is 0.280. The molecule has 50 valence electrons. The Morgan fingerprint density at radius 3 is 3.00 bits per heavy atom. The Morgan fingerprint density at radius 1 is 1.78 bits per heavy atom. The highest BCUT2D eigenvalue weighted by Gasteiger charge is 1.98. The van der Waals surface area contributed by atoms with E-state index in [2.05, 4.69) is 0 Å². The summed E-state index contributed by atoms with van der Waals surface area (Å²) in [5, 5.41) is 10.7. The molecule has 0 fully saturated rings. The van der Waals surface area contributed by atoms with E-state index in [0.717, 1.165) is 5.56 Å². The summed E-state index contributed by atoms with van der Waals surface area (Å²) in [6, 6.07) is 1.95. The number of hydrogen-bond donors (Lipinski definition) is 1. The van der Waals surface area contributed by atoms with E-state index in [1.54, 1.807) is 23.1 Å². The zero-order chi connectivity index (χ0) is 6.69. The smallest absolute Gasteiger partial charge is 0.0701 e. The SMILES string of the molecule is CSc1sccc1CO. The number of aliphatic hydroxyl groups excluding tert-OH is 1. The lowest BCUT2D eigenvalue weighted by Crippen LogP contribution is -1.77. The molecule has 9 heavy (non-hydrogen) atoms. The van der Waals surface area contributed by atoms with Gasteiger partial charge in [0.2, 0.25) is 0 Å². The van der Waals surface area contributed by atoms with Gasteiger partial charge in [-0.05, 0) is 17.7 Å². The number of thioether (sulfide) groups is 1. The van der Waals surface area contributed by atoms with Gasteiger partial charge in [0.15, 0.2) is 0 Å². The van der Waals surface area contributed by atoms with Crippen molar-refractivity contribution in [2.75, 3.05) is 6.26 Å². The van der Waals surface area contributed by atoms with E-state index in [1.807, 2.05) is 17.7 Å². The summed E-state index contributed by atoms with van der Waals surface area (Å²) < 4.78 is 1.22. The van der Waals surface area contributed by atoms with E-state index in [1.165, 1.54) is 4.21 Å². The molecule has 1 heterocycles. The molecule has 0 amide bonds. The van der Waals surface area contributed by atoms with E-state index in [-0.39, 0.29) is 6.61 Å². The van der Waals surface area contributed by atoms with Gasteiger partial charge in [0.1, 0.15) is 0 Å². The minimum atomic E-state index is 0.166. The zero-order valence-corrected chi connectivity index (χ0v) is 6.76. The molecule has 1 rings (SSSR count). The van der Waals surface area contributed by atoms with Gasteiger partial charge in [-0.3, -0.25) is 0 Å². The Balaban J connectivity index is 2.85. The largest absolute Gasteiger partial charge is 0.392 e. The molecule has 0 aromatic carbocycles. The standard InChI is InChI=1S/C6H8OS2/c1-8-6-5(4-7)2-3-9-6/h2-3,7H,4H2,1H3. The molecule has 3 heteroatoms. The summed E-state index contributed by atoms with van der Waals surface area (Å²) in [5.74, 6) is 0. The highest BCUT2D eigenvalue weighted by Crippen LogP contribution is 2.26. The predicted octanol–water partition coefficient (Wildman–Crippen LogP) is 1.96. The molecule has 1 aromatic heterocycles. The maximum Gasteiger partial charge on any atom is 0.0701 e. The molecule has 0 aliphatic rings. The van der Waals surface area contributed by atoms with Crippen LogP contribution in [0.5, 0.6) is 0 Å². The molecule has 0 aliphatic heterocycles. The molecule has 0 spiro atoms. The summed E-state index contributed by atoms with van der Waals surface area (Å²) in [4.78, 5) is 0. The van der Waals surface area contributed by atoms with Crippen LogP contribution in [0.2, 0.25) is 0 Å². The van der Waals surface area contributed by atoms with Crippen molar-refractivity contribution in [1.82, 2.24) is 0 Å². The fraction of sp³-hybridized carbons (Fsp3) is 0.333. The third-order valence-electron chi connectivity index (χ3n) is 1.06. The number of rotatable bonds is 2. The Hall–Kier alpha value is 0.01000. The van der Waals surface area contributed by atoms with Crippen LogP contribution in [0.4, 0.5) is 0 Å². The van der Waals surface area contributed by atoms with Crippen LogP contribution in [0.15, 0.2) is 15.7 Å². The van der Waals surface area contributed by atoms with E-state index in [4.69, 9.17) is 5.11 Å². The Morgan fingerprint density at radius 2 is 2.56 bits per heavy atom. The maximum atomic E-state index is 8.73. The molecular formula is C6H8OS2. The molecular weight excluding hydrogens is 152 g/mol. The van der Waals surface area contributed by atoms with Crippen LogP contribution >= 0.6 is 23.1 Å². The predicted molar refractivity (Wildman–Crippen MR) is 42.0 cm³/mol. The van der Waals surface area contributed by atoms with Crippen LogP contribution in [-0.4, -0.2) is 11.4 Å². The molecule has 0 aliphatic carbocycles. The van der Waals surface area contributed by atoms with Gasteiger partial charge in [0.05, 0.1) is 10.8 Å². The first-order chi connectivity index (χ1) is 4.38. The summed E-state index contributed by atoms with van der Waals surface area (Å²) in [5.41, 5.74) is 1.05. The van der Waals surface area contributed by atoms with Crippen LogP contribution in [0.25, 0.3) is 0 Å². The van der Waals surface area contributed by atoms with Crippen molar-refractivity contribution < 1.29 is 5.11 Å². The summed E-state index contributed by atoms with van der Waals surface area (Å²) in [7, 11) is 0. The maximum absolute atomic E-state index is 8.73. The Bertz CT molecular complexity index is 164. The van der Waals surface area contributed by atoms with Gasteiger partial charge in [-0.25, -0.2) is 0 Å². The average Bonchev–Trinajstić information content (AvgIpc) is 2.33. The molecule has 0 saturated heterocycles. The van der Waals surface area contributed by atoms with E-state index >= 15 is 0 Å². The highest BCUT2D eigenvalue weighted by molar-refractivity contribution is 8.00. The van der Waals surface area contributed by atoms with E-state index in [9.17, 15) is 0 Å². The lowest BCUT2D eigenvalue weighted by Gasteiger charge is -1.92. The first kappa shape index (κ1) is 7.12.